The second-order valence-corrected chi connectivity index (χ2v) is 9.22. The first-order chi connectivity index (χ1) is 13.9. The Morgan fingerprint density at radius 1 is 1.07 bits per heavy atom. The van der Waals surface area contributed by atoms with Crippen molar-refractivity contribution in [3.63, 3.8) is 0 Å². The number of nitrogens with zero attached hydrogens (tertiary/aromatic N) is 2. The summed E-state index contributed by atoms with van der Waals surface area (Å²) >= 11 is 0. The molecule has 1 fully saturated rings. The van der Waals surface area contributed by atoms with Gasteiger partial charge in [-0.3, -0.25) is 4.79 Å². The number of nitrogens with one attached hydrogen (secondary N) is 1. The molecule has 1 heterocycles. The van der Waals surface area contributed by atoms with Crippen molar-refractivity contribution in [3.8, 4) is 6.07 Å². The number of sulfonamides is 1. The quantitative estimate of drug-likeness (QED) is 0.808. The SMILES string of the molecule is Cc1ccc(S(=O)(=O)N2CCCCCC2)cc1C(=O)Nc1ccc(CC#N)cc1. The summed E-state index contributed by atoms with van der Waals surface area (Å²) in [6.45, 7) is 2.83. The van der Waals surface area contributed by atoms with E-state index in [1.165, 1.54) is 10.4 Å². The zero-order chi connectivity index (χ0) is 20.9. The lowest BCUT2D eigenvalue weighted by Gasteiger charge is -2.20. The van der Waals surface area contributed by atoms with Gasteiger partial charge in [-0.25, -0.2) is 8.42 Å². The number of amides is 1. The van der Waals surface area contributed by atoms with Crippen LogP contribution in [0.4, 0.5) is 5.69 Å². The van der Waals surface area contributed by atoms with Crippen molar-refractivity contribution >= 4 is 21.6 Å². The topological polar surface area (TPSA) is 90.3 Å². The van der Waals surface area contributed by atoms with Crippen molar-refractivity contribution in [3.05, 3.63) is 59.2 Å². The van der Waals surface area contributed by atoms with Crippen LogP contribution in [-0.2, 0) is 16.4 Å². The second-order valence-electron chi connectivity index (χ2n) is 7.28. The van der Waals surface area contributed by atoms with Crippen LogP contribution in [0.5, 0.6) is 0 Å². The van der Waals surface area contributed by atoms with Gasteiger partial charge in [0.25, 0.3) is 5.91 Å². The summed E-state index contributed by atoms with van der Waals surface area (Å²) in [4.78, 5) is 12.9. The summed E-state index contributed by atoms with van der Waals surface area (Å²) in [6, 6.07) is 13.8. The molecule has 3 rings (SSSR count). The predicted molar refractivity (Wildman–Crippen MR) is 112 cm³/mol. The van der Waals surface area contributed by atoms with E-state index in [0.717, 1.165) is 31.2 Å². The van der Waals surface area contributed by atoms with Gasteiger partial charge in [0.15, 0.2) is 0 Å². The van der Waals surface area contributed by atoms with E-state index in [9.17, 15) is 13.2 Å². The number of aryl methyl sites for hydroxylation is 1. The molecule has 0 aromatic heterocycles. The van der Waals surface area contributed by atoms with Crippen molar-refractivity contribution in [2.24, 2.45) is 0 Å². The molecule has 0 aliphatic carbocycles. The molecule has 2 aromatic rings. The monoisotopic (exact) mass is 411 g/mol. The lowest BCUT2D eigenvalue weighted by Crippen LogP contribution is -2.32. The Balaban J connectivity index is 1.82. The van der Waals surface area contributed by atoms with E-state index in [2.05, 4.69) is 11.4 Å². The lowest BCUT2D eigenvalue weighted by molar-refractivity contribution is 0.102. The van der Waals surface area contributed by atoms with Crippen LogP contribution >= 0.6 is 0 Å². The average Bonchev–Trinajstić information content (AvgIpc) is 3.00. The van der Waals surface area contributed by atoms with Crippen LogP contribution in [-0.4, -0.2) is 31.7 Å². The summed E-state index contributed by atoms with van der Waals surface area (Å²) < 4.78 is 27.6. The van der Waals surface area contributed by atoms with Gasteiger partial charge in [0.1, 0.15) is 0 Å². The third-order valence-electron chi connectivity index (χ3n) is 5.15. The number of anilines is 1. The number of hydrogen-bond acceptors (Lipinski definition) is 4. The van der Waals surface area contributed by atoms with Gasteiger partial charge < -0.3 is 5.32 Å². The molecule has 2 aromatic carbocycles. The molecule has 0 radical (unpaired) electrons. The Labute approximate surface area is 172 Å². The summed E-state index contributed by atoms with van der Waals surface area (Å²) in [5.41, 5.74) is 2.50. The van der Waals surface area contributed by atoms with Crippen LogP contribution in [0.2, 0.25) is 0 Å². The van der Waals surface area contributed by atoms with Crippen LogP contribution in [0.1, 0.15) is 47.2 Å². The maximum Gasteiger partial charge on any atom is 0.255 e. The molecular weight excluding hydrogens is 386 g/mol. The van der Waals surface area contributed by atoms with Crippen molar-refractivity contribution in [2.75, 3.05) is 18.4 Å². The Hall–Kier alpha value is -2.69. The van der Waals surface area contributed by atoms with Crippen LogP contribution < -0.4 is 5.32 Å². The largest absolute Gasteiger partial charge is 0.322 e. The third-order valence-corrected chi connectivity index (χ3v) is 7.05. The van der Waals surface area contributed by atoms with Crippen LogP contribution in [0, 0.1) is 18.3 Å². The summed E-state index contributed by atoms with van der Waals surface area (Å²) in [5, 5.41) is 11.5. The molecule has 1 aliphatic heterocycles. The standard InChI is InChI=1S/C22H25N3O3S/c1-17-6-11-20(29(27,28)25-14-4-2-3-5-15-25)16-21(17)22(26)24-19-9-7-18(8-10-19)12-13-23/h6-11,16H,2-5,12,14-15H2,1H3,(H,24,26). The zero-order valence-electron chi connectivity index (χ0n) is 16.5. The minimum atomic E-state index is -3.62. The number of carbonyl (C=O) groups excluding carboxylic acids is 1. The molecule has 6 nitrogen and oxygen atoms in total. The highest BCUT2D eigenvalue weighted by atomic mass is 32.2. The second kappa shape index (κ2) is 9.21. The normalized spacial score (nSPS) is 15.3. The number of nitriles is 1. The van der Waals surface area contributed by atoms with Gasteiger partial charge in [-0.2, -0.15) is 9.57 Å². The average molecular weight is 412 g/mol. The first-order valence-corrected chi connectivity index (χ1v) is 11.2. The predicted octanol–water partition coefficient (Wildman–Crippen LogP) is 3.88. The molecule has 0 bridgehead atoms. The molecule has 29 heavy (non-hydrogen) atoms. The Kier molecular flexibility index (Phi) is 6.68. The van der Waals surface area contributed by atoms with Gasteiger partial charge in [-0.15, -0.1) is 0 Å². The summed E-state index contributed by atoms with van der Waals surface area (Å²) in [7, 11) is -3.62. The highest BCUT2D eigenvalue weighted by Gasteiger charge is 2.26. The number of hydrogen-bond donors (Lipinski definition) is 1. The number of carbonyl (C=O) groups is 1. The molecule has 7 heteroatoms. The summed E-state index contributed by atoms with van der Waals surface area (Å²) in [5.74, 6) is -0.358. The summed E-state index contributed by atoms with van der Waals surface area (Å²) in [6.07, 6.45) is 4.12. The van der Waals surface area contributed by atoms with Gasteiger partial charge in [0.2, 0.25) is 10.0 Å². The van der Waals surface area contributed by atoms with E-state index in [-0.39, 0.29) is 10.8 Å². The van der Waals surface area contributed by atoms with Gasteiger partial charge in [-0.05, 0) is 55.2 Å². The molecule has 0 unspecified atom stereocenters. The minimum absolute atomic E-state index is 0.152. The van der Waals surface area contributed by atoms with Gasteiger partial charge in [-0.1, -0.05) is 31.0 Å². The highest BCUT2D eigenvalue weighted by Crippen LogP contribution is 2.23. The van der Waals surface area contributed by atoms with Crippen molar-refractivity contribution in [2.45, 2.75) is 43.9 Å². The fraction of sp³-hybridized carbons (Fsp3) is 0.364. The molecule has 1 aliphatic rings. The fourth-order valence-electron chi connectivity index (χ4n) is 3.43. The first-order valence-electron chi connectivity index (χ1n) is 9.80. The molecule has 1 N–H and O–H groups in total. The van der Waals surface area contributed by atoms with E-state index in [0.29, 0.717) is 36.3 Å². The van der Waals surface area contributed by atoms with Gasteiger partial charge >= 0.3 is 0 Å². The van der Waals surface area contributed by atoms with E-state index >= 15 is 0 Å². The highest BCUT2D eigenvalue weighted by molar-refractivity contribution is 7.89. The Morgan fingerprint density at radius 2 is 1.72 bits per heavy atom. The van der Waals surface area contributed by atoms with E-state index in [1.54, 1.807) is 43.3 Å². The molecule has 1 saturated heterocycles. The maximum atomic E-state index is 13.1. The van der Waals surface area contributed by atoms with Gasteiger partial charge in [0.05, 0.1) is 17.4 Å². The van der Waals surface area contributed by atoms with Crippen LogP contribution in [0.3, 0.4) is 0 Å². The van der Waals surface area contributed by atoms with E-state index in [4.69, 9.17) is 5.26 Å². The molecule has 152 valence electrons. The van der Waals surface area contributed by atoms with Crippen molar-refractivity contribution < 1.29 is 13.2 Å². The first kappa shape index (κ1) is 21.0. The van der Waals surface area contributed by atoms with Crippen LogP contribution in [0.25, 0.3) is 0 Å². The Morgan fingerprint density at radius 3 is 2.34 bits per heavy atom. The maximum absolute atomic E-state index is 13.1. The van der Waals surface area contributed by atoms with Crippen LogP contribution in [0.15, 0.2) is 47.4 Å². The molecule has 1 amide bonds. The number of rotatable bonds is 5. The number of benzene rings is 2. The van der Waals surface area contributed by atoms with E-state index in [1.807, 2.05) is 0 Å². The van der Waals surface area contributed by atoms with Crippen molar-refractivity contribution in [1.29, 1.82) is 5.26 Å². The molecule has 0 spiro atoms. The van der Waals surface area contributed by atoms with Crippen molar-refractivity contribution in [1.82, 2.24) is 4.31 Å². The van der Waals surface area contributed by atoms with Gasteiger partial charge in [0, 0.05) is 24.3 Å². The smallest absolute Gasteiger partial charge is 0.255 e. The molecule has 0 atom stereocenters. The lowest BCUT2D eigenvalue weighted by atomic mass is 10.1. The Bertz CT molecular complexity index is 1020. The molecule has 0 saturated carbocycles. The fourth-order valence-corrected chi connectivity index (χ4v) is 4.98. The zero-order valence-corrected chi connectivity index (χ0v) is 17.3. The minimum Gasteiger partial charge on any atom is -0.322 e. The molecular formula is C22H25N3O3S. The third kappa shape index (κ3) is 5.03. The van der Waals surface area contributed by atoms with E-state index < -0.39 is 10.0 Å².